The Labute approximate surface area is 127 Å². The Morgan fingerprint density at radius 3 is 1.95 bits per heavy atom. The Bertz CT molecular complexity index is 550. The largest absolute Gasteiger partial charge is 0.377 e. The molecule has 0 aromatic heterocycles. The zero-order chi connectivity index (χ0) is 14.1. The molecule has 1 saturated heterocycles. The fourth-order valence-corrected chi connectivity index (χ4v) is 4.44. The molecule has 1 aliphatic heterocycles. The van der Waals surface area contributed by atoms with E-state index in [-0.39, 0.29) is 5.41 Å². The highest BCUT2D eigenvalue weighted by Crippen LogP contribution is 2.51. The Hall–Kier alpha value is -1.60. The zero-order valence-corrected chi connectivity index (χ0v) is 12.4. The summed E-state index contributed by atoms with van der Waals surface area (Å²) in [5, 5.41) is 0. The first-order chi connectivity index (χ1) is 10.4. The third kappa shape index (κ3) is 2.03. The van der Waals surface area contributed by atoms with Crippen LogP contribution in [0.2, 0.25) is 0 Å². The Balaban J connectivity index is 1.87. The van der Waals surface area contributed by atoms with Crippen molar-refractivity contribution in [1.29, 1.82) is 0 Å². The fraction of sp³-hybridized carbons (Fsp3) is 0.400. The second kappa shape index (κ2) is 5.31. The topological polar surface area (TPSA) is 9.23 Å². The number of ether oxygens (including phenoxy) is 1. The zero-order valence-electron chi connectivity index (χ0n) is 12.4. The second-order valence-electron chi connectivity index (χ2n) is 6.44. The maximum absolute atomic E-state index is 6.28. The summed E-state index contributed by atoms with van der Waals surface area (Å²) in [6.45, 7) is 0.830. The van der Waals surface area contributed by atoms with Gasteiger partial charge >= 0.3 is 0 Å². The van der Waals surface area contributed by atoms with Crippen LogP contribution < -0.4 is 0 Å². The highest BCUT2D eigenvalue weighted by molar-refractivity contribution is 5.42. The summed E-state index contributed by atoms with van der Waals surface area (Å²) in [7, 11) is 0. The lowest BCUT2D eigenvalue weighted by atomic mass is 9.63. The van der Waals surface area contributed by atoms with Gasteiger partial charge < -0.3 is 4.74 Å². The van der Waals surface area contributed by atoms with E-state index in [0.29, 0.717) is 12.0 Å². The third-order valence-corrected chi connectivity index (χ3v) is 5.44. The van der Waals surface area contributed by atoms with Gasteiger partial charge in [-0.2, -0.15) is 0 Å². The molecule has 0 amide bonds. The van der Waals surface area contributed by atoms with Gasteiger partial charge in [0.25, 0.3) is 0 Å². The van der Waals surface area contributed by atoms with E-state index < -0.39 is 0 Å². The van der Waals surface area contributed by atoms with Crippen LogP contribution >= 0.6 is 0 Å². The molecule has 0 unspecified atom stereocenters. The van der Waals surface area contributed by atoms with Gasteiger partial charge in [0.15, 0.2) is 0 Å². The third-order valence-electron chi connectivity index (χ3n) is 5.44. The van der Waals surface area contributed by atoms with E-state index in [2.05, 4.69) is 60.7 Å². The van der Waals surface area contributed by atoms with E-state index in [1.807, 2.05) is 0 Å². The van der Waals surface area contributed by atoms with Crippen molar-refractivity contribution in [1.82, 2.24) is 0 Å². The number of fused-ring (bicyclic) bond motifs is 1. The maximum Gasteiger partial charge on any atom is 0.0616 e. The molecule has 21 heavy (non-hydrogen) atoms. The van der Waals surface area contributed by atoms with Gasteiger partial charge in [0.05, 0.1) is 12.7 Å². The molecule has 1 heterocycles. The first-order valence-corrected chi connectivity index (χ1v) is 8.14. The first-order valence-electron chi connectivity index (χ1n) is 8.14. The van der Waals surface area contributed by atoms with E-state index in [0.717, 1.165) is 6.61 Å². The van der Waals surface area contributed by atoms with Gasteiger partial charge in [0.1, 0.15) is 0 Å². The maximum atomic E-state index is 6.28. The SMILES string of the molecule is c1ccc(C2(c3ccccc3)CO[C@@H]3CCCC[C@@H]32)cc1. The summed E-state index contributed by atoms with van der Waals surface area (Å²) in [5.74, 6) is 0.621. The molecule has 2 aromatic carbocycles. The Morgan fingerprint density at radius 1 is 0.762 bits per heavy atom. The van der Waals surface area contributed by atoms with Crippen LogP contribution in [0.5, 0.6) is 0 Å². The molecule has 2 aromatic rings. The van der Waals surface area contributed by atoms with Crippen LogP contribution in [0.25, 0.3) is 0 Å². The van der Waals surface area contributed by atoms with Crippen molar-refractivity contribution in [2.75, 3.05) is 6.61 Å². The Kier molecular flexibility index (Phi) is 3.31. The molecule has 0 N–H and O–H groups in total. The molecule has 2 atom stereocenters. The van der Waals surface area contributed by atoms with Crippen LogP contribution in [-0.2, 0) is 10.2 Å². The Morgan fingerprint density at radius 2 is 1.33 bits per heavy atom. The first kappa shape index (κ1) is 13.1. The predicted molar refractivity (Wildman–Crippen MR) is 85.4 cm³/mol. The van der Waals surface area contributed by atoms with E-state index in [1.54, 1.807) is 0 Å². The van der Waals surface area contributed by atoms with E-state index in [4.69, 9.17) is 4.74 Å². The molecule has 108 valence electrons. The summed E-state index contributed by atoms with van der Waals surface area (Å²) in [5.41, 5.74) is 2.89. The van der Waals surface area contributed by atoms with Crippen molar-refractivity contribution in [3.63, 3.8) is 0 Å². The molecule has 1 nitrogen and oxygen atoms in total. The second-order valence-corrected chi connectivity index (χ2v) is 6.44. The van der Waals surface area contributed by atoms with Gasteiger partial charge in [0, 0.05) is 11.3 Å². The lowest BCUT2D eigenvalue weighted by Crippen LogP contribution is -2.39. The molecule has 1 saturated carbocycles. The fourth-order valence-electron chi connectivity index (χ4n) is 4.44. The summed E-state index contributed by atoms with van der Waals surface area (Å²) in [6.07, 6.45) is 5.62. The molecule has 0 spiro atoms. The van der Waals surface area contributed by atoms with Gasteiger partial charge in [-0.25, -0.2) is 0 Å². The summed E-state index contributed by atoms with van der Waals surface area (Å²) >= 11 is 0. The minimum absolute atomic E-state index is 0.0492. The van der Waals surface area contributed by atoms with Gasteiger partial charge in [0.2, 0.25) is 0 Å². The van der Waals surface area contributed by atoms with Crippen molar-refractivity contribution in [2.45, 2.75) is 37.2 Å². The summed E-state index contributed by atoms with van der Waals surface area (Å²) < 4.78 is 6.28. The molecule has 2 aliphatic rings. The average molecular weight is 278 g/mol. The van der Waals surface area contributed by atoms with Gasteiger partial charge in [-0.05, 0) is 24.0 Å². The molecule has 0 bridgehead atoms. The van der Waals surface area contributed by atoms with Gasteiger partial charge in [-0.1, -0.05) is 73.5 Å². The number of hydrogen-bond acceptors (Lipinski definition) is 1. The van der Waals surface area contributed by atoms with Crippen LogP contribution in [-0.4, -0.2) is 12.7 Å². The molecular weight excluding hydrogens is 256 g/mol. The minimum atomic E-state index is 0.0492. The molecule has 1 aliphatic carbocycles. The van der Waals surface area contributed by atoms with E-state index in [1.165, 1.54) is 36.8 Å². The van der Waals surface area contributed by atoms with Crippen molar-refractivity contribution in [3.8, 4) is 0 Å². The minimum Gasteiger partial charge on any atom is -0.377 e. The van der Waals surface area contributed by atoms with Crippen LogP contribution in [0.4, 0.5) is 0 Å². The molecule has 0 radical (unpaired) electrons. The monoisotopic (exact) mass is 278 g/mol. The van der Waals surface area contributed by atoms with Gasteiger partial charge in [-0.3, -0.25) is 0 Å². The van der Waals surface area contributed by atoms with Crippen LogP contribution in [0, 0.1) is 5.92 Å². The van der Waals surface area contributed by atoms with Crippen LogP contribution in [0.1, 0.15) is 36.8 Å². The normalized spacial score (nSPS) is 27.2. The van der Waals surface area contributed by atoms with Gasteiger partial charge in [-0.15, -0.1) is 0 Å². The summed E-state index contributed by atoms with van der Waals surface area (Å²) in [6, 6.07) is 22.0. The highest BCUT2D eigenvalue weighted by Gasteiger charge is 2.51. The van der Waals surface area contributed by atoms with E-state index >= 15 is 0 Å². The van der Waals surface area contributed by atoms with Crippen molar-refractivity contribution in [2.24, 2.45) is 5.92 Å². The van der Waals surface area contributed by atoms with E-state index in [9.17, 15) is 0 Å². The smallest absolute Gasteiger partial charge is 0.0616 e. The predicted octanol–water partition coefficient (Wildman–Crippen LogP) is 4.56. The van der Waals surface area contributed by atoms with Crippen LogP contribution in [0.3, 0.4) is 0 Å². The summed E-state index contributed by atoms with van der Waals surface area (Å²) in [4.78, 5) is 0. The standard InChI is InChI=1S/C20H22O/c1-3-9-16(10-4-1)20(17-11-5-2-6-12-17)15-21-19-14-8-7-13-18(19)20/h1-6,9-12,18-19H,7-8,13-15H2/t18-,19+/m0/s1. The molecule has 2 fully saturated rings. The lowest BCUT2D eigenvalue weighted by Gasteiger charge is -2.38. The van der Waals surface area contributed by atoms with Crippen LogP contribution in [0.15, 0.2) is 60.7 Å². The average Bonchev–Trinajstić information content (AvgIpc) is 2.97. The molecular formula is C20H22O. The number of benzene rings is 2. The highest BCUT2D eigenvalue weighted by atomic mass is 16.5. The van der Waals surface area contributed by atoms with Crippen molar-refractivity contribution >= 4 is 0 Å². The lowest BCUT2D eigenvalue weighted by molar-refractivity contribution is 0.0663. The molecule has 4 rings (SSSR count). The molecule has 1 heteroatoms. The number of hydrogen-bond donors (Lipinski definition) is 0. The number of rotatable bonds is 2. The van der Waals surface area contributed by atoms with Crippen molar-refractivity contribution < 1.29 is 4.74 Å². The van der Waals surface area contributed by atoms with Crippen molar-refractivity contribution in [3.05, 3.63) is 71.8 Å². The quantitative estimate of drug-likeness (QED) is 0.782.